The van der Waals surface area contributed by atoms with Gasteiger partial charge in [0.25, 0.3) is 5.91 Å². The Morgan fingerprint density at radius 2 is 1.92 bits per heavy atom. The second kappa shape index (κ2) is 11.6. The predicted octanol–water partition coefficient (Wildman–Crippen LogP) is 3.78. The second-order valence-electron chi connectivity index (χ2n) is 9.27. The van der Waals surface area contributed by atoms with Crippen molar-refractivity contribution in [2.75, 3.05) is 14.1 Å². The Hall–Kier alpha value is -3.72. The summed E-state index contributed by atoms with van der Waals surface area (Å²) in [7, 11) is 3.41. The molecule has 10 heteroatoms. The number of allylic oxidation sites excluding steroid dienone is 1. The standard InChI is InChI=1S/C27H32ClN7O2/c1-17-21(14-19(28)15-32-17)26(36)33-20-10-8-18(9-11-20)16-34-22-6-4-5-7-23(22)35(27(34)37)24(29)12-13-25(30-2)31-3/h4-7,12-15,18,20,29H,8-11,16H2,1-3H3,(H,30,31)(H,33,36)/b13-12-,29-24?/t18-,20-. The molecule has 194 valence electrons. The van der Waals surface area contributed by atoms with E-state index in [2.05, 4.69) is 20.6 Å². The number of fused-ring (bicyclic) bond motifs is 1. The number of hydrogen-bond donors (Lipinski definition) is 3. The summed E-state index contributed by atoms with van der Waals surface area (Å²) in [6, 6.07) is 9.28. The van der Waals surface area contributed by atoms with Crippen molar-refractivity contribution in [3.05, 3.63) is 75.4 Å². The molecule has 1 aliphatic carbocycles. The van der Waals surface area contributed by atoms with Gasteiger partial charge in [-0.3, -0.25) is 24.7 Å². The van der Waals surface area contributed by atoms with Crippen molar-refractivity contribution < 1.29 is 4.79 Å². The number of carbonyl (C=O) groups excluding carboxylic acids is 1. The van der Waals surface area contributed by atoms with Crippen molar-refractivity contribution in [2.24, 2.45) is 10.9 Å². The van der Waals surface area contributed by atoms with E-state index in [1.165, 1.54) is 10.8 Å². The zero-order chi connectivity index (χ0) is 26.5. The molecule has 0 spiro atoms. The van der Waals surface area contributed by atoms with Gasteiger partial charge in [0.1, 0.15) is 11.7 Å². The number of nitrogens with zero attached hydrogens (tertiary/aromatic N) is 4. The number of aliphatic imine (C=N–C) groups is 1. The Bertz CT molecular complexity index is 1430. The highest BCUT2D eigenvalue weighted by molar-refractivity contribution is 6.30. The van der Waals surface area contributed by atoms with Crippen LogP contribution in [0.1, 0.15) is 41.7 Å². The molecule has 3 N–H and O–H groups in total. The van der Waals surface area contributed by atoms with Gasteiger partial charge in [-0.05, 0) is 68.9 Å². The molecule has 0 unspecified atom stereocenters. The number of imidazole rings is 1. The first-order chi connectivity index (χ1) is 17.8. The van der Waals surface area contributed by atoms with Gasteiger partial charge in [-0.2, -0.15) is 0 Å². The van der Waals surface area contributed by atoms with Crippen LogP contribution >= 0.6 is 11.6 Å². The number of amides is 1. The molecule has 37 heavy (non-hydrogen) atoms. The van der Waals surface area contributed by atoms with Gasteiger partial charge in [0.15, 0.2) is 0 Å². The molecule has 1 aliphatic rings. The molecule has 0 radical (unpaired) electrons. The van der Waals surface area contributed by atoms with Crippen LogP contribution in [0.4, 0.5) is 0 Å². The molecule has 2 heterocycles. The molecule has 2 aromatic heterocycles. The van der Waals surface area contributed by atoms with Crippen molar-refractivity contribution >= 4 is 40.2 Å². The van der Waals surface area contributed by atoms with Crippen LogP contribution in [0.3, 0.4) is 0 Å². The maximum Gasteiger partial charge on any atom is 0.334 e. The summed E-state index contributed by atoms with van der Waals surface area (Å²) in [5, 5.41) is 15.0. The third kappa shape index (κ3) is 5.83. The van der Waals surface area contributed by atoms with E-state index in [0.29, 0.717) is 40.1 Å². The minimum Gasteiger partial charge on any atom is -0.373 e. The van der Waals surface area contributed by atoms with Crippen LogP contribution < -0.4 is 16.3 Å². The summed E-state index contributed by atoms with van der Waals surface area (Å²) < 4.78 is 3.21. The first-order valence-electron chi connectivity index (χ1n) is 12.4. The number of carbonyl (C=O) groups is 1. The molecular formula is C27H32ClN7O2. The lowest BCUT2D eigenvalue weighted by atomic mass is 9.85. The highest BCUT2D eigenvalue weighted by atomic mass is 35.5. The number of hydrogen-bond acceptors (Lipinski definition) is 5. The van der Waals surface area contributed by atoms with E-state index < -0.39 is 0 Å². The Kier molecular flexibility index (Phi) is 8.23. The number of aromatic nitrogens is 3. The highest BCUT2D eigenvalue weighted by Gasteiger charge is 2.25. The summed E-state index contributed by atoms with van der Waals surface area (Å²) in [6.07, 6.45) is 8.23. The number of nitrogens with one attached hydrogen (secondary N) is 3. The van der Waals surface area contributed by atoms with Gasteiger partial charge in [0.05, 0.1) is 27.3 Å². The maximum absolute atomic E-state index is 13.4. The third-order valence-electron chi connectivity index (χ3n) is 6.89. The fraction of sp³-hybridized carbons (Fsp3) is 0.370. The molecule has 0 aliphatic heterocycles. The largest absolute Gasteiger partial charge is 0.373 e. The number of halogens is 1. The van der Waals surface area contributed by atoms with Crippen LogP contribution in [0.2, 0.25) is 5.02 Å². The van der Waals surface area contributed by atoms with Gasteiger partial charge in [-0.1, -0.05) is 23.7 Å². The van der Waals surface area contributed by atoms with Crippen LogP contribution in [-0.4, -0.2) is 51.8 Å². The molecule has 1 amide bonds. The monoisotopic (exact) mass is 521 g/mol. The minimum atomic E-state index is -0.227. The number of rotatable bonds is 6. The summed E-state index contributed by atoms with van der Waals surface area (Å²) in [5.74, 6) is 0.838. The molecule has 0 atom stereocenters. The Morgan fingerprint density at radius 1 is 1.22 bits per heavy atom. The normalized spacial score (nSPS) is 18.3. The summed E-state index contributed by atoms with van der Waals surface area (Å²) in [4.78, 5) is 34.5. The van der Waals surface area contributed by atoms with Crippen molar-refractivity contribution in [3.63, 3.8) is 0 Å². The Morgan fingerprint density at radius 3 is 2.59 bits per heavy atom. The second-order valence-corrected chi connectivity index (χ2v) is 9.71. The van der Waals surface area contributed by atoms with Crippen LogP contribution in [0.5, 0.6) is 0 Å². The van der Waals surface area contributed by atoms with E-state index in [4.69, 9.17) is 17.0 Å². The van der Waals surface area contributed by atoms with E-state index in [9.17, 15) is 9.59 Å². The summed E-state index contributed by atoms with van der Waals surface area (Å²) >= 11 is 6.02. The van der Waals surface area contributed by atoms with E-state index in [0.717, 1.165) is 31.2 Å². The minimum absolute atomic E-state index is 0.0695. The van der Waals surface area contributed by atoms with E-state index in [1.807, 2.05) is 24.3 Å². The van der Waals surface area contributed by atoms with Gasteiger partial charge in [-0.25, -0.2) is 9.36 Å². The molecule has 1 saturated carbocycles. The van der Waals surface area contributed by atoms with Gasteiger partial charge in [0.2, 0.25) is 0 Å². The fourth-order valence-corrected chi connectivity index (χ4v) is 5.03. The zero-order valence-electron chi connectivity index (χ0n) is 21.3. The van der Waals surface area contributed by atoms with Crippen LogP contribution in [0, 0.1) is 18.3 Å². The molecular weight excluding hydrogens is 490 g/mol. The highest BCUT2D eigenvalue weighted by Crippen LogP contribution is 2.27. The number of benzene rings is 1. The molecule has 0 bridgehead atoms. The number of amidine groups is 1. The summed E-state index contributed by atoms with van der Waals surface area (Å²) in [5.41, 5.74) is 2.43. The topological polar surface area (TPSA) is 117 Å². The smallest absolute Gasteiger partial charge is 0.334 e. The molecule has 3 aromatic rings. The van der Waals surface area contributed by atoms with Crippen molar-refractivity contribution in [3.8, 4) is 0 Å². The van der Waals surface area contributed by atoms with E-state index in [-0.39, 0.29) is 23.5 Å². The summed E-state index contributed by atoms with van der Waals surface area (Å²) in [6.45, 7) is 2.36. The molecule has 1 aromatic carbocycles. The van der Waals surface area contributed by atoms with Crippen molar-refractivity contribution in [1.82, 2.24) is 24.8 Å². The van der Waals surface area contributed by atoms with E-state index in [1.54, 1.807) is 43.8 Å². The first-order valence-corrected chi connectivity index (χ1v) is 12.7. The number of aryl methyl sites for hydroxylation is 1. The lowest BCUT2D eigenvalue weighted by Crippen LogP contribution is -2.39. The van der Waals surface area contributed by atoms with Crippen LogP contribution in [0.25, 0.3) is 11.0 Å². The fourth-order valence-electron chi connectivity index (χ4n) is 4.87. The first kappa shape index (κ1) is 26.3. The average molecular weight is 522 g/mol. The van der Waals surface area contributed by atoms with Crippen LogP contribution in [0.15, 0.2) is 58.5 Å². The van der Waals surface area contributed by atoms with Gasteiger partial charge >= 0.3 is 5.69 Å². The van der Waals surface area contributed by atoms with Gasteiger partial charge < -0.3 is 10.6 Å². The molecule has 9 nitrogen and oxygen atoms in total. The lowest BCUT2D eigenvalue weighted by Gasteiger charge is -2.29. The number of likely N-dealkylation sites (N-methyl/N-ethyl adjacent to an activating group) is 1. The van der Waals surface area contributed by atoms with Crippen LogP contribution in [-0.2, 0) is 6.54 Å². The number of para-hydroxylation sites is 2. The molecule has 4 rings (SSSR count). The lowest BCUT2D eigenvalue weighted by molar-refractivity contribution is 0.0919. The number of pyridine rings is 1. The molecule has 0 saturated heterocycles. The quantitative estimate of drug-likeness (QED) is 0.338. The zero-order valence-corrected chi connectivity index (χ0v) is 22.0. The SMILES string of the molecule is C/N=C(\C=C/C(=N)n1c(=O)n(C[C@H]2CC[C@H](NC(=O)c3cc(Cl)cnc3C)CC2)c2ccccc21)NC. The van der Waals surface area contributed by atoms with Crippen molar-refractivity contribution in [1.29, 1.82) is 5.41 Å². The van der Waals surface area contributed by atoms with E-state index >= 15 is 0 Å². The van der Waals surface area contributed by atoms with Gasteiger partial charge in [0, 0.05) is 32.9 Å². The third-order valence-corrected chi connectivity index (χ3v) is 7.10. The molecule has 1 fully saturated rings. The maximum atomic E-state index is 13.4. The Balaban J connectivity index is 1.46. The average Bonchev–Trinajstić information content (AvgIpc) is 3.18. The predicted molar refractivity (Wildman–Crippen MR) is 148 cm³/mol. The Labute approximate surface area is 220 Å². The van der Waals surface area contributed by atoms with Gasteiger partial charge in [-0.15, -0.1) is 0 Å². The van der Waals surface area contributed by atoms with Crippen molar-refractivity contribution in [2.45, 2.75) is 45.2 Å².